The van der Waals surface area contributed by atoms with Gasteiger partial charge in [-0.05, 0) is 75.6 Å². The first-order valence-corrected chi connectivity index (χ1v) is 15.0. The van der Waals surface area contributed by atoms with Crippen LogP contribution in [0.15, 0.2) is 29.2 Å². The molecule has 4 heterocycles. The number of thiophene rings is 1. The van der Waals surface area contributed by atoms with E-state index in [9.17, 15) is 19.8 Å². The topological polar surface area (TPSA) is 119 Å². The van der Waals surface area contributed by atoms with Gasteiger partial charge in [0.25, 0.3) is 11.5 Å². The van der Waals surface area contributed by atoms with Crippen molar-refractivity contribution in [1.29, 1.82) is 5.41 Å². The summed E-state index contributed by atoms with van der Waals surface area (Å²) in [6.07, 6.45) is 10.2. The SMILES string of the molecule is CCOC(=O)c1c(NC(=O)c2cc3c(=O)n4cccc(C)c4nc3n(C3CCCCC3)c2=N)sc2c1CCCC2. The average Bonchev–Trinajstić information content (AvgIpc) is 3.32. The number of rotatable bonds is 5. The molecule has 0 saturated heterocycles. The second-order valence-corrected chi connectivity index (χ2v) is 11.8. The molecule has 208 valence electrons. The minimum absolute atomic E-state index is 0.0285. The number of aromatic nitrogens is 3. The molecule has 2 N–H and O–H groups in total. The van der Waals surface area contributed by atoms with Crippen molar-refractivity contribution in [3.05, 3.63) is 67.4 Å². The molecular weight excluding hydrogens is 526 g/mol. The van der Waals surface area contributed by atoms with Gasteiger partial charge in [0.05, 0.1) is 23.1 Å². The molecule has 0 spiro atoms. The molecule has 2 aliphatic carbocycles. The minimum Gasteiger partial charge on any atom is -0.462 e. The van der Waals surface area contributed by atoms with Crippen molar-refractivity contribution in [2.24, 2.45) is 0 Å². The number of hydrogen-bond donors (Lipinski definition) is 2. The summed E-state index contributed by atoms with van der Waals surface area (Å²) in [4.78, 5) is 46.5. The summed E-state index contributed by atoms with van der Waals surface area (Å²) in [5.74, 6) is -0.960. The smallest absolute Gasteiger partial charge is 0.341 e. The summed E-state index contributed by atoms with van der Waals surface area (Å²) in [7, 11) is 0. The third-order valence-corrected chi connectivity index (χ3v) is 9.35. The summed E-state index contributed by atoms with van der Waals surface area (Å²) in [6, 6.07) is 5.17. The number of nitrogens with one attached hydrogen (secondary N) is 2. The van der Waals surface area contributed by atoms with E-state index in [0.717, 1.165) is 73.8 Å². The molecule has 10 heteroatoms. The molecule has 1 fully saturated rings. The number of aryl methyl sites for hydroxylation is 2. The molecule has 6 rings (SSSR count). The van der Waals surface area contributed by atoms with Crippen molar-refractivity contribution in [1.82, 2.24) is 14.0 Å². The fourth-order valence-electron chi connectivity index (χ4n) is 6.17. The third kappa shape index (κ3) is 4.44. The number of hydrogen-bond acceptors (Lipinski definition) is 7. The number of amides is 1. The van der Waals surface area contributed by atoms with Gasteiger partial charge < -0.3 is 14.6 Å². The molecule has 0 aliphatic heterocycles. The van der Waals surface area contributed by atoms with E-state index >= 15 is 0 Å². The Kier molecular flexibility index (Phi) is 7.04. The maximum absolute atomic E-state index is 13.9. The third-order valence-electron chi connectivity index (χ3n) is 8.14. The van der Waals surface area contributed by atoms with Crippen molar-refractivity contribution in [2.45, 2.75) is 77.7 Å². The molecule has 2 aliphatic rings. The zero-order valence-corrected chi connectivity index (χ0v) is 23.7. The largest absolute Gasteiger partial charge is 0.462 e. The fraction of sp³-hybridized carbons (Fsp3) is 0.433. The van der Waals surface area contributed by atoms with Crippen LogP contribution in [0.1, 0.15) is 94.6 Å². The van der Waals surface area contributed by atoms with E-state index < -0.39 is 11.9 Å². The Hall–Kier alpha value is -3.79. The highest BCUT2D eigenvalue weighted by atomic mass is 32.1. The van der Waals surface area contributed by atoms with Crippen molar-refractivity contribution < 1.29 is 14.3 Å². The Morgan fingerprint density at radius 3 is 2.70 bits per heavy atom. The highest BCUT2D eigenvalue weighted by molar-refractivity contribution is 7.17. The van der Waals surface area contributed by atoms with Crippen LogP contribution in [0.3, 0.4) is 0 Å². The Balaban J connectivity index is 1.52. The monoisotopic (exact) mass is 559 g/mol. The first-order valence-electron chi connectivity index (χ1n) is 14.1. The van der Waals surface area contributed by atoms with Crippen LogP contribution in [0, 0.1) is 12.3 Å². The average molecular weight is 560 g/mol. The normalized spacial score (nSPS) is 15.8. The quantitative estimate of drug-likeness (QED) is 0.254. The Labute approximate surface area is 235 Å². The maximum atomic E-state index is 13.9. The molecule has 0 bridgehead atoms. The summed E-state index contributed by atoms with van der Waals surface area (Å²) >= 11 is 1.41. The summed E-state index contributed by atoms with van der Waals surface area (Å²) in [5, 5.41) is 12.9. The molecule has 4 aromatic rings. The van der Waals surface area contributed by atoms with Gasteiger partial charge in [0, 0.05) is 17.1 Å². The van der Waals surface area contributed by atoms with Crippen LogP contribution in [0.5, 0.6) is 0 Å². The van der Waals surface area contributed by atoms with Crippen LogP contribution >= 0.6 is 11.3 Å². The van der Waals surface area contributed by atoms with Crippen molar-refractivity contribution in [3.63, 3.8) is 0 Å². The summed E-state index contributed by atoms with van der Waals surface area (Å²) in [6.45, 7) is 3.91. The van der Waals surface area contributed by atoms with Gasteiger partial charge in [-0.1, -0.05) is 25.3 Å². The van der Waals surface area contributed by atoms with E-state index in [2.05, 4.69) is 5.32 Å². The lowest BCUT2D eigenvalue weighted by Crippen LogP contribution is -2.35. The number of anilines is 1. The molecule has 0 unspecified atom stereocenters. The van der Waals surface area contributed by atoms with E-state index in [1.807, 2.05) is 13.0 Å². The number of ether oxygens (including phenoxy) is 1. The molecular formula is C30H33N5O4S. The number of fused-ring (bicyclic) bond motifs is 3. The van der Waals surface area contributed by atoms with Gasteiger partial charge in [0.15, 0.2) is 0 Å². The van der Waals surface area contributed by atoms with E-state index in [4.69, 9.17) is 9.72 Å². The minimum atomic E-state index is -0.519. The molecule has 1 amide bonds. The van der Waals surface area contributed by atoms with Gasteiger partial charge in [-0.3, -0.25) is 19.4 Å². The van der Waals surface area contributed by atoms with E-state index in [1.165, 1.54) is 21.8 Å². The fourth-order valence-corrected chi connectivity index (χ4v) is 7.44. The van der Waals surface area contributed by atoms with E-state index in [0.29, 0.717) is 27.2 Å². The van der Waals surface area contributed by atoms with Gasteiger partial charge in [-0.15, -0.1) is 11.3 Å². The van der Waals surface area contributed by atoms with Crippen molar-refractivity contribution >= 4 is 44.9 Å². The predicted molar refractivity (Wildman–Crippen MR) is 155 cm³/mol. The maximum Gasteiger partial charge on any atom is 0.341 e. The van der Waals surface area contributed by atoms with E-state index in [-0.39, 0.29) is 29.3 Å². The second-order valence-electron chi connectivity index (χ2n) is 10.7. The van der Waals surface area contributed by atoms with Crippen LogP contribution < -0.4 is 16.4 Å². The van der Waals surface area contributed by atoms with Gasteiger partial charge >= 0.3 is 5.97 Å². The van der Waals surface area contributed by atoms with Crippen molar-refractivity contribution in [2.75, 3.05) is 11.9 Å². The predicted octanol–water partition coefficient (Wildman–Crippen LogP) is 5.31. The standard InChI is InChI=1S/C30H33N5O4S/c1-3-39-30(38)23-19-13-7-8-14-22(19)40-28(23)33-27(36)20-16-21-26(35(24(20)31)18-11-5-4-6-12-18)32-25-17(2)10-9-15-34(25)29(21)37/h9-10,15-16,18,31H,3-8,11-14H2,1-2H3,(H,33,36). The number of carbonyl (C=O) groups is 2. The van der Waals surface area contributed by atoms with Crippen LogP contribution in [-0.4, -0.2) is 32.4 Å². The molecule has 4 aromatic heterocycles. The molecule has 9 nitrogen and oxygen atoms in total. The van der Waals surface area contributed by atoms with Gasteiger partial charge in [-0.2, -0.15) is 0 Å². The second kappa shape index (κ2) is 10.6. The van der Waals surface area contributed by atoms with Gasteiger partial charge in [0.1, 0.15) is 21.8 Å². The Morgan fingerprint density at radius 1 is 1.15 bits per heavy atom. The number of pyridine rings is 2. The zero-order valence-electron chi connectivity index (χ0n) is 22.8. The number of esters is 1. The highest BCUT2D eigenvalue weighted by Crippen LogP contribution is 2.39. The molecule has 0 aromatic carbocycles. The summed E-state index contributed by atoms with van der Waals surface area (Å²) in [5.41, 5.74) is 3.06. The first kappa shape index (κ1) is 26.4. The highest BCUT2D eigenvalue weighted by Gasteiger charge is 2.29. The van der Waals surface area contributed by atoms with Crippen LogP contribution in [-0.2, 0) is 17.6 Å². The Morgan fingerprint density at radius 2 is 1.93 bits per heavy atom. The number of carbonyl (C=O) groups excluding carboxylic acids is 2. The Bertz CT molecular complexity index is 1780. The lowest BCUT2D eigenvalue weighted by molar-refractivity contribution is 0.0526. The zero-order chi connectivity index (χ0) is 28.0. The first-order chi connectivity index (χ1) is 19.4. The lowest BCUT2D eigenvalue weighted by atomic mass is 9.94. The molecule has 40 heavy (non-hydrogen) atoms. The summed E-state index contributed by atoms with van der Waals surface area (Å²) < 4.78 is 8.64. The van der Waals surface area contributed by atoms with Crippen LogP contribution in [0.2, 0.25) is 0 Å². The van der Waals surface area contributed by atoms with Gasteiger partial charge in [-0.25, -0.2) is 9.78 Å². The number of nitrogens with zero attached hydrogens (tertiary/aromatic N) is 3. The molecule has 0 atom stereocenters. The lowest BCUT2D eigenvalue weighted by Gasteiger charge is -2.26. The van der Waals surface area contributed by atoms with Crippen molar-refractivity contribution in [3.8, 4) is 0 Å². The van der Waals surface area contributed by atoms with E-state index in [1.54, 1.807) is 23.8 Å². The van der Waals surface area contributed by atoms with Gasteiger partial charge in [0.2, 0.25) is 0 Å². The molecule has 1 saturated carbocycles. The van der Waals surface area contributed by atoms with Crippen LogP contribution in [0.4, 0.5) is 5.00 Å². The molecule has 0 radical (unpaired) electrons. The van der Waals surface area contributed by atoms with Crippen LogP contribution in [0.25, 0.3) is 16.7 Å².